The van der Waals surface area contributed by atoms with Gasteiger partial charge in [-0.15, -0.1) is 10.2 Å². The molecule has 1 aromatic heterocycles. The zero-order valence-electron chi connectivity index (χ0n) is 17.8. The highest BCUT2D eigenvalue weighted by atomic mass is 35.5. The van der Waals surface area contributed by atoms with E-state index in [-0.39, 0.29) is 15.7 Å². The van der Waals surface area contributed by atoms with Gasteiger partial charge in [0.1, 0.15) is 11.0 Å². The lowest BCUT2D eigenvalue weighted by atomic mass is 10.1. The van der Waals surface area contributed by atoms with Crippen molar-refractivity contribution < 1.29 is 4.79 Å². The van der Waals surface area contributed by atoms with E-state index in [1.54, 1.807) is 16.9 Å². The highest BCUT2D eigenvalue weighted by molar-refractivity contribution is 7.80. The largest absolute Gasteiger partial charge is 0.332 e. The molecule has 3 aromatic carbocycles. The summed E-state index contributed by atoms with van der Waals surface area (Å²) >= 11 is 17.2. The molecule has 33 heavy (non-hydrogen) atoms. The molecule has 1 heterocycles. The van der Waals surface area contributed by atoms with E-state index in [4.69, 9.17) is 35.4 Å². The van der Waals surface area contributed by atoms with E-state index in [1.807, 2.05) is 30.3 Å². The van der Waals surface area contributed by atoms with Gasteiger partial charge in [0.25, 0.3) is 5.91 Å². The number of benzene rings is 3. The third-order valence-corrected chi connectivity index (χ3v) is 5.78. The third kappa shape index (κ3) is 5.68. The molecule has 0 aliphatic carbocycles. The molecule has 0 saturated carbocycles. The second kappa shape index (κ2) is 10.3. The summed E-state index contributed by atoms with van der Waals surface area (Å²) in [5, 5.41) is 15.6. The van der Waals surface area contributed by atoms with Crippen molar-refractivity contribution in [1.82, 2.24) is 20.3 Å². The molecule has 0 saturated heterocycles. The van der Waals surface area contributed by atoms with E-state index in [0.29, 0.717) is 16.2 Å². The smallest absolute Gasteiger partial charge is 0.258 e. The number of carbonyl (C=O) groups is 1. The maximum atomic E-state index is 12.4. The van der Waals surface area contributed by atoms with Crippen LogP contribution in [-0.2, 0) is 6.42 Å². The summed E-state index contributed by atoms with van der Waals surface area (Å²) in [5.41, 5.74) is 4.60. The van der Waals surface area contributed by atoms with E-state index in [0.717, 1.165) is 17.6 Å². The van der Waals surface area contributed by atoms with E-state index >= 15 is 0 Å². The number of aromatic nitrogens is 3. The Morgan fingerprint density at radius 3 is 2.48 bits per heavy atom. The normalized spacial score (nSPS) is 10.9. The third-order valence-electron chi connectivity index (χ3n) is 5.03. The number of hydrogen-bond acceptors (Lipinski definition) is 4. The number of amides is 1. The van der Waals surface area contributed by atoms with Crippen molar-refractivity contribution in [2.24, 2.45) is 0 Å². The number of hydrogen-bond donors (Lipinski definition) is 2. The van der Waals surface area contributed by atoms with Gasteiger partial charge in [-0.1, -0.05) is 48.7 Å². The molecule has 0 radical (unpaired) electrons. The first kappa shape index (κ1) is 23.2. The van der Waals surface area contributed by atoms with Crippen LogP contribution >= 0.6 is 35.4 Å². The predicted molar refractivity (Wildman–Crippen MR) is 138 cm³/mol. The number of halogens is 2. The van der Waals surface area contributed by atoms with Crippen molar-refractivity contribution in [3.8, 4) is 5.69 Å². The fourth-order valence-corrected chi connectivity index (χ4v) is 4.00. The summed E-state index contributed by atoms with van der Waals surface area (Å²) in [6.45, 7) is 2.19. The second-order valence-electron chi connectivity index (χ2n) is 7.50. The first-order valence-electron chi connectivity index (χ1n) is 10.5. The van der Waals surface area contributed by atoms with Gasteiger partial charge in [-0.3, -0.25) is 10.1 Å². The zero-order chi connectivity index (χ0) is 23.4. The number of nitrogens with one attached hydrogen (secondary N) is 2. The number of thiocarbonyl (C=S) groups is 1. The van der Waals surface area contributed by atoms with Crippen LogP contribution in [0.2, 0.25) is 10.0 Å². The average molecular weight is 498 g/mol. The number of carbonyl (C=O) groups excluding carboxylic acids is 1. The molecular formula is C24H21Cl2N5OS. The topological polar surface area (TPSA) is 71.8 Å². The van der Waals surface area contributed by atoms with Crippen LogP contribution in [0.25, 0.3) is 16.7 Å². The fraction of sp³-hybridized carbons (Fsp3) is 0.167. The minimum Gasteiger partial charge on any atom is -0.332 e. The van der Waals surface area contributed by atoms with E-state index in [9.17, 15) is 4.79 Å². The summed E-state index contributed by atoms with van der Waals surface area (Å²) < 4.78 is 0. The maximum absolute atomic E-state index is 12.4. The number of anilines is 1. The SMILES string of the molecule is CCCCc1ccc(-n2nc3ccc(NC(=S)NC(=O)c4ccc(Cl)cc4Cl)cc3n2)cc1. The molecule has 168 valence electrons. The molecule has 0 aliphatic rings. The van der Waals surface area contributed by atoms with Crippen LogP contribution < -0.4 is 10.6 Å². The molecule has 6 nitrogen and oxygen atoms in total. The van der Waals surface area contributed by atoms with Crippen molar-refractivity contribution in [1.29, 1.82) is 0 Å². The van der Waals surface area contributed by atoms with Gasteiger partial charge in [0.2, 0.25) is 0 Å². The molecule has 0 unspecified atom stereocenters. The highest BCUT2D eigenvalue weighted by Crippen LogP contribution is 2.21. The maximum Gasteiger partial charge on any atom is 0.258 e. The van der Waals surface area contributed by atoms with E-state index < -0.39 is 5.91 Å². The summed E-state index contributed by atoms with van der Waals surface area (Å²) in [7, 11) is 0. The van der Waals surface area contributed by atoms with Gasteiger partial charge in [0, 0.05) is 10.7 Å². The molecule has 1 amide bonds. The van der Waals surface area contributed by atoms with E-state index in [1.165, 1.54) is 24.5 Å². The molecule has 2 N–H and O–H groups in total. The second-order valence-corrected chi connectivity index (χ2v) is 8.75. The number of fused-ring (bicyclic) bond motifs is 1. The van der Waals surface area contributed by atoms with Crippen LogP contribution in [0.4, 0.5) is 5.69 Å². The monoisotopic (exact) mass is 497 g/mol. The summed E-state index contributed by atoms with van der Waals surface area (Å²) in [4.78, 5) is 14.1. The number of unbranched alkanes of at least 4 members (excludes halogenated alkanes) is 1. The van der Waals surface area contributed by atoms with Crippen LogP contribution in [0.5, 0.6) is 0 Å². The van der Waals surface area contributed by atoms with Gasteiger partial charge in [0.15, 0.2) is 5.11 Å². The lowest BCUT2D eigenvalue weighted by Gasteiger charge is -2.10. The Kier molecular flexibility index (Phi) is 7.23. The van der Waals surface area contributed by atoms with Crippen LogP contribution in [0, 0.1) is 0 Å². The Labute approximate surface area is 206 Å². The van der Waals surface area contributed by atoms with Crippen LogP contribution in [-0.4, -0.2) is 26.0 Å². The van der Waals surface area contributed by atoms with Crippen LogP contribution in [0.1, 0.15) is 35.7 Å². The van der Waals surface area contributed by atoms with Gasteiger partial charge in [-0.25, -0.2) is 0 Å². The van der Waals surface area contributed by atoms with Gasteiger partial charge >= 0.3 is 0 Å². The minimum absolute atomic E-state index is 0.139. The van der Waals surface area contributed by atoms with E-state index in [2.05, 4.69) is 39.9 Å². The summed E-state index contributed by atoms with van der Waals surface area (Å²) in [6, 6.07) is 18.4. The van der Waals surface area contributed by atoms with Gasteiger partial charge in [0.05, 0.1) is 16.3 Å². The minimum atomic E-state index is -0.427. The van der Waals surface area contributed by atoms with Gasteiger partial charge < -0.3 is 5.32 Å². The Morgan fingerprint density at radius 2 is 1.76 bits per heavy atom. The van der Waals surface area contributed by atoms with Crippen LogP contribution in [0.15, 0.2) is 60.7 Å². The zero-order valence-corrected chi connectivity index (χ0v) is 20.1. The number of rotatable bonds is 6. The standard InChI is InChI=1S/C24H21Cl2N5OS/c1-2-3-4-15-5-9-18(10-6-15)31-29-21-12-8-17(14-22(21)30-31)27-24(33)28-23(32)19-11-7-16(25)13-20(19)26/h5-14H,2-4H2,1H3,(H2,27,28,32,33). The van der Waals surface area contributed by atoms with Gasteiger partial charge in [-0.2, -0.15) is 4.80 Å². The molecule has 4 rings (SSSR count). The van der Waals surface area contributed by atoms with Crippen molar-refractivity contribution in [2.75, 3.05) is 5.32 Å². The van der Waals surface area contributed by atoms with Crippen molar-refractivity contribution in [2.45, 2.75) is 26.2 Å². The first-order valence-corrected chi connectivity index (χ1v) is 11.6. The number of aryl methyl sites for hydroxylation is 1. The van der Waals surface area contributed by atoms with Crippen LogP contribution in [0.3, 0.4) is 0 Å². The average Bonchev–Trinajstić information content (AvgIpc) is 3.21. The van der Waals surface area contributed by atoms with Crippen molar-refractivity contribution in [3.63, 3.8) is 0 Å². The quantitative estimate of drug-likeness (QED) is 0.310. The molecule has 4 aromatic rings. The Hall–Kier alpha value is -3.00. The predicted octanol–water partition coefficient (Wildman–Crippen LogP) is 6.20. The first-order chi connectivity index (χ1) is 15.9. The Balaban J connectivity index is 1.44. The Bertz CT molecular complexity index is 1320. The van der Waals surface area contributed by atoms with Crippen molar-refractivity contribution in [3.05, 3.63) is 81.8 Å². The summed E-state index contributed by atoms with van der Waals surface area (Å²) in [6.07, 6.45) is 3.42. The molecule has 9 heteroatoms. The molecule has 0 aliphatic heterocycles. The molecule has 0 fully saturated rings. The highest BCUT2D eigenvalue weighted by Gasteiger charge is 2.13. The fourth-order valence-electron chi connectivity index (χ4n) is 3.29. The lowest BCUT2D eigenvalue weighted by molar-refractivity contribution is 0.0978. The number of nitrogens with zero attached hydrogens (tertiary/aromatic N) is 3. The lowest BCUT2D eigenvalue weighted by Crippen LogP contribution is -2.34. The molecule has 0 spiro atoms. The van der Waals surface area contributed by atoms with Crippen molar-refractivity contribution >= 4 is 63.2 Å². The summed E-state index contributed by atoms with van der Waals surface area (Å²) in [5.74, 6) is -0.427. The molecule has 0 atom stereocenters. The molecular weight excluding hydrogens is 477 g/mol. The molecule has 0 bridgehead atoms. The Morgan fingerprint density at radius 1 is 1.00 bits per heavy atom. The van der Waals surface area contributed by atoms with Gasteiger partial charge in [-0.05, 0) is 79.2 Å².